The molecule has 2 aromatic rings. The first-order chi connectivity index (χ1) is 10.6. The molecule has 8 nitrogen and oxygen atoms in total. The van der Waals surface area contributed by atoms with Crippen LogP contribution in [0.25, 0.3) is 0 Å². The summed E-state index contributed by atoms with van der Waals surface area (Å²) in [4.78, 5) is 20.8. The van der Waals surface area contributed by atoms with E-state index < -0.39 is 0 Å². The Kier molecular flexibility index (Phi) is 3.93. The number of aromatic nitrogens is 4. The smallest absolute Gasteiger partial charge is 0.274 e. The molecule has 2 aromatic heterocycles. The molecule has 0 aromatic carbocycles. The van der Waals surface area contributed by atoms with Crippen LogP contribution in [0.15, 0.2) is 10.6 Å². The zero-order valence-corrected chi connectivity index (χ0v) is 13.0. The number of hydrogen-bond acceptors (Lipinski definition) is 6. The van der Waals surface area contributed by atoms with E-state index in [4.69, 9.17) is 4.52 Å². The van der Waals surface area contributed by atoms with Crippen molar-refractivity contribution in [3.63, 3.8) is 0 Å². The van der Waals surface area contributed by atoms with E-state index in [1.54, 1.807) is 11.8 Å². The number of nitrogens with zero attached hydrogens (tertiary/aromatic N) is 5. The maximum Gasteiger partial charge on any atom is 0.274 e. The fourth-order valence-electron chi connectivity index (χ4n) is 2.59. The van der Waals surface area contributed by atoms with Gasteiger partial charge in [-0.2, -0.15) is 10.1 Å². The topological polar surface area (TPSA) is 91.2 Å². The minimum Gasteiger partial charge on any atom is -0.338 e. The van der Waals surface area contributed by atoms with Crippen LogP contribution in [0.4, 0.5) is 0 Å². The zero-order chi connectivity index (χ0) is 15.7. The molecule has 0 aliphatic carbocycles. The maximum atomic E-state index is 12.6. The molecule has 1 amide bonds. The number of hydrogen-bond donors (Lipinski definition) is 1. The number of amides is 1. The van der Waals surface area contributed by atoms with Crippen molar-refractivity contribution in [2.45, 2.75) is 26.3 Å². The molecular weight excluding hydrogens is 284 g/mol. The van der Waals surface area contributed by atoms with Gasteiger partial charge in [0.2, 0.25) is 5.89 Å². The molecule has 0 unspecified atom stereocenters. The quantitative estimate of drug-likeness (QED) is 0.901. The van der Waals surface area contributed by atoms with Gasteiger partial charge in [-0.1, -0.05) is 12.1 Å². The van der Waals surface area contributed by atoms with Gasteiger partial charge in [0.15, 0.2) is 5.82 Å². The van der Waals surface area contributed by atoms with Gasteiger partial charge in [0.05, 0.1) is 0 Å². The molecular formula is C14H20N6O2. The summed E-state index contributed by atoms with van der Waals surface area (Å²) in [5.74, 6) is 1.09. The minimum absolute atomic E-state index is 0.0645. The number of likely N-dealkylation sites (N-methyl/N-ethyl adjacent to an activating group) is 1. The van der Waals surface area contributed by atoms with Gasteiger partial charge >= 0.3 is 0 Å². The molecule has 8 heteroatoms. The Hall–Kier alpha value is -2.22. The number of carbonyl (C=O) groups is 1. The number of carbonyl (C=O) groups excluding carboxylic acids is 1. The van der Waals surface area contributed by atoms with Gasteiger partial charge in [-0.05, 0) is 26.5 Å². The summed E-state index contributed by atoms with van der Waals surface area (Å²) >= 11 is 0. The average molecular weight is 304 g/mol. The number of aryl methyl sites for hydroxylation is 2. The van der Waals surface area contributed by atoms with Crippen molar-refractivity contribution in [3.8, 4) is 0 Å². The van der Waals surface area contributed by atoms with Crippen LogP contribution in [0, 0.1) is 6.92 Å². The highest BCUT2D eigenvalue weighted by Crippen LogP contribution is 2.23. The second-order valence-electron chi connectivity index (χ2n) is 5.56. The molecule has 1 aliphatic rings. The van der Waals surface area contributed by atoms with Crippen LogP contribution in [-0.4, -0.2) is 62.7 Å². The van der Waals surface area contributed by atoms with Crippen LogP contribution >= 0.6 is 0 Å². The Bertz CT molecular complexity index is 664. The average Bonchev–Trinajstić information content (AvgIpc) is 3.16. The number of nitrogens with one attached hydrogen (secondary N) is 1. The lowest BCUT2D eigenvalue weighted by atomic mass is 10.1. The summed E-state index contributed by atoms with van der Waals surface area (Å²) in [6, 6.07) is 1.73. The molecule has 1 N–H and O–H groups in total. The highest BCUT2D eigenvalue weighted by molar-refractivity contribution is 5.92. The van der Waals surface area contributed by atoms with Crippen molar-refractivity contribution in [1.82, 2.24) is 30.1 Å². The van der Waals surface area contributed by atoms with Gasteiger partial charge in [-0.3, -0.25) is 14.8 Å². The van der Waals surface area contributed by atoms with E-state index in [9.17, 15) is 4.79 Å². The lowest BCUT2D eigenvalue weighted by Gasteiger charge is -2.37. The third-order valence-electron chi connectivity index (χ3n) is 3.99. The molecule has 118 valence electrons. The summed E-state index contributed by atoms with van der Waals surface area (Å²) in [5.41, 5.74) is 1.42. The highest BCUT2D eigenvalue weighted by Gasteiger charge is 2.33. The number of piperazine rings is 1. The van der Waals surface area contributed by atoms with Gasteiger partial charge in [0.1, 0.15) is 11.7 Å². The predicted molar refractivity (Wildman–Crippen MR) is 78.3 cm³/mol. The molecule has 3 rings (SSSR count). The summed E-state index contributed by atoms with van der Waals surface area (Å²) in [7, 11) is 2.00. The Morgan fingerprint density at radius 1 is 1.50 bits per heavy atom. The Morgan fingerprint density at radius 3 is 2.95 bits per heavy atom. The number of rotatable bonds is 3. The van der Waals surface area contributed by atoms with Crippen molar-refractivity contribution >= 4 is 5.91 Å². The first-order valence-electron chi connectivity index (χ1n) is 7.42. The van der Waals surface area contributed by atoms with Crippen LogP contribution in [0.1, 0.15) is 40.9 Å². The van der Waals surface area contributed by atoms with E-state index >= 15 is 0 Å². The normalized spacial score (nSPS) is 19.6. The van der Waals surface area contributed by atoms with Gasteiger partial charge in [-0.25, -0.2) is 0 Å². The van der Waals surface area contributed by atoms with E-state index in [1.807, 2.05) is 20.0 Å². The molecule has 0 saturated carbocycles. The SMILES string of the molecule is CCc1cc(C(=O)N2CCN(C)[C@@H](c3nc(C)no3)C2)n[nH]1. The largest absolute Gasteiger partial charge is 0.338 e. The Labute approximate surface area is 128 Å². The lowest BCUT2D eigenvalue weighted by molar-refractivity contribution is 0.0484. The van der Waals surface area contributed by atoms with E-state index in [-0.39, 0.29) is 11.9 Å². The van der Waals surface area contributed by atoms with Gasteiger partial charge in [0.25, 0.3) is 5.91 Å². The van der Waals surface area contributed by atoms with Crippen LogP contribution < -0.4 is 0 Å². The summed E-state index contributed by atoms with van der Waals surface area (Å²) < 4.78 is 5.27. The first-order valence-corrected chi connectivity index (χ1v) is 7.42. The first kappa shape index (κ1) is 14.7. The minimum atomic E-state index is -0.0801. The highest BCUT2D eigenvalue weighted by atomic mass is 16.5. The van der Waals surface area contributed by atoms with Crippen molar-refractivity contribution in [1.29, 1.82) is 0 Å². The van der Waals surface area contributed by atoms with Gasteiger partial charge in [0, 0.05) is 25.3 Å². The monoisotopic (exact) mass is 304 g/mol. The maximum absolute atomic E-state index is 12.6. The lowest BCUT2D eigenvalue weighted by Crippen LogP contribution is -2.49. The van der Waals surface area contributed by atoms with Crippen LogP contribution in [0.2, 0.25) is 0 Å². The van der Waals surface area contributed by atoms with Crippen molar-refractivity contribution in [3.05, 3.63) is 29.2 Å². The third-order valence-corrected chi connectivity index (χ3v) is 3.99. The summed E-state index contributed by atoms with van der Waals surface area (Å²) in [6.07, 6.45) is 0.826. The standard InChI is InChI=1S/C14H20N6O2/c1-4-10-7-11(17-16-10)14(21)20-6-5-19(3)12(8-20)13-15-9(2)18-22-13/h7,12H,4-6,8H2,1-3H3,(H,16,17)/t12-/m1/s1. The summed E-state index contributed by atoms with van der Waals surface area (Å²) in [6.45, 7) is 5.74. The van der Waals surface area contributed by atoms with E-state index in [1.165, 1.54) is 0 Å². The molecule has 0 bridgehead atoms. The zero-order valence-electron chi connectivity index (χ0n) is 13.0. The molecule has 0 radical (unpaired) electrons. The molecule has 22 heavy (non-hydrogen) atoms. The number of H-pyrrole nitrogens is 1. The third kappa shape index (κ3) is 2.74. The molecule has 0 spiro atoms. The Morgan fingerprint density at radius 2 is 2.32 bits per heavy atom. The molecule has 3 heterocycles. The van der Waals surface area contributed by atoms with Crippen LogP contribution in [0.5, 0.6) is 0 Å². The predicted octanol–water partition coefficient (Wildman–Crippen LogP) is 0.792. The molecule has 1 atom stereocenters. The fourth-order valence-corrected chi connectivity index (χ4v) is 2.59. The van der Waals surface area contributed by atoms with Crippen LogP contribution in [-0.2, 0) is 6.42 Å². The fraction of sp³-hybridized carbons (Fsp3) is 0.571. The van der Waals surface area contributed by atoms with E-state index in [2.05, 4.69) is 25.2 Å². The summed E-state index contributed by atoms with van der Waals surface area (Å²) in [5, 5.41) is 10.8. The van der Waals surface area contributed by atoms with Gasteiger partial charge < -0.3 is 9.42 Å². The van der Waals surface area contributed by atoms with Crippen molar-refractivity contribution < 1.29 is 9.32 Å². The van der Waals surface area contributed by atoms with Crippen molar-refractivity contribution in [2.75, 3.05) is 26.7 Å². The van der Waals surface area contributed by atoms with Crippen molar-refractivity contribution in [2.24, 2.45) is 0 Å². The van der Waals surface area contributed by atoms with E-state index in [0.29, 0.717) is 30.5 Å². The second-order valence-corrected chi connectivity index (χ2v) is 5.56. The Balaban J connectivity index is 1.76. The van der Waals surface area contributed by atoms with E-state index in [0.717, 1.165) is 18.7 Å². The van der Waals surface area contributed by atoms with Gasteiger partial charge in [-0.15, -0.1) is 0 Å². The molecule has 1 saturated heterocycles. The second kappa shape index (κ2) is 5.88. The number of aromatic amines is 1. The molecule has 1 aliphatic heterocycles. The molecule has 1 fully saturated rings. The van der Waals surface area contributed by atoms with Crippen LogP contribution in [0.3, 0.4) is 0 Å².